The summed E-state index contributed by atoms with van der Waals surface area (Å²) in [6.07, 6.45) is 0. The van der Waals surface area contributed by atoms with Crippen LogP contribution in [0.15, 0.2) is 32.9 Å². The number of hydrogen-bond donors (Lipinski definition) is 2. The molecule has 1 aromatic heterocycles. The molecule has 2 rings (SSSR count). The molecule has 0 radical (unpaired) electrons. The molecule has 0 atom stereocenters. The van der Waals surface area contributed by atoms with Crippen LogP contribution < -0.4 is 4.72 Å². The van der Waals surface area contributed by atoms with Gasteiger partial charge in [0.15, 0.2) is 0 Å². The summed E-state index contributed by atoms with van der Waals surface area (Å²) in [5, 5.41) is 8.90. The summed E-state index contributed by atoms with van der Waals surface area (Å²) in [6.45, 7) is -0.281. The lowest BCUT2D eigenvalue weighted by Crippen LogP contribution is -2.12. The van der Waals surface area contributed by atoms with Crippen molar-refractivity contribution in [2.75, 3.05) is 4.72 Å². The van der Waals surface area contributed by atoms with Crippen LogP contribution in [-0.2, 0) is 16.6 Å². The Bertz CT molecular complexity index is 746. The van der Waals surface area contributed by atoms with Crippen molar-refractivity contribution in [1.82, 2.24) is 0 Å². The molecule has 1 aromatic carbocycles. The zero-order chi connectivity index (χ0) is 14.9. The van der Waals surface area contributed by atoms with E-state index in [2.05, 4.69) is 15.9 Å². The van der Waals surface area contributed by atoms with Crippen molar-refractivity contribution in [3.05, 3.63) is 45.2 Å². The van der Waals surface area contributed by atoms with E-state index >= 15 is 0 Å². The van der Waals surface area contributed by atoms with Gasteiger partial charge in [-0.1, -0.05) is 0 Å². The molecule has 0 amide bonds. The van der Waals surface area contributed by atoms with Crippen LogP contribution in [0.4, 0.5) is 14.5 Å². The number of sulfonamides is 1. The maximum absolute atomic E-state index is 13.5. The summed E-state index contributed by atoms with van der Waals surface area (Å²) in [5.41, 5.74) is -0.364. The first-order chi connectivity index (χ1) is 9.33. The van der Waals surface area contributed by atoms with Crippen LogP contribution in [0.1, 0.15) is 4.88 Å². The van der Waals surface area contributed by atoms with Gasteiger partial charge in [-0.05, 0) is 34.1 Å². The Kier molecular flexibility index (Phi) is 4.43. The average molecular weight is 384 g/mol. The molecule has 0 aliphatic heterocycles. The fraction of sp³-hybridized carbons (Fsp3) is 0.0909. The van der Waals surface area contributed by atoms with Crippen LogP contribution in [-0.4, -0.2) is 13.5 Å². The number of hydrogen-bond acceptors (Lipinski definition) is 4. The summed E-state index contributed by atoms with van der Waals surface area (Å²) in [7, 11) is -3.98. The van der Waals surface area contributed by atoms with Gasteiger partial charge in [-0.3, -0.25) is 4.72 Å². The van der Waals surface area contributed by atoms with Gasteiger partial charge in [0.2, 0.25) is 0 Å². The Labute approximate surface area is 126 Å². The van der Waals surface area contributed by atoms with Gasteiger partial charge in [0.25, 0.3) is 10.0 Å². The molecular formula is C11H8BrF2NO3S2. The van der Waals surface area contributed by atoms with Crippen LogP contribution in [0.2, 0.25) is 0 Å². The van der Waals surface area contributed by atoms with Crippen LogP contribution in [0.25, 0.3) is 0 Å². The first-order valence-corrected chi connectivity index (χ1v) is 8.29. The SMILES string of the molecule is O=S(=O)(Nc1cc(Br)c(F)cc1F)c1ccc(CO)s1. The fourth-order valence-electron chi connectivity index (χ4n) is 1.38. The second-order valence-electron chi connectivity index (χ2n) is 3.73. The third-order valence-corrected chi connectivity index (χ3v) is 5.85. The fourth-order valence-corrected chi connectivity index (χ4v) is 4.00. The zero-order valence-electron chi connectivity index (χ0n) is 9.73. The van der Waals surface area contributed by atoms with E-state index in [4.69, 9.17) is 5.11 Å². The summed E-state index contributed by atoms with van der Waals surface area (Å²) in [5.74, 6) is -1.85. The molecule has 20 heavy (non-hydrogen) atoms. The van der Waals surface area contributed by atoms with Gasteiger partial charge in [0, 0.05) is 10.9 Å². The van der Waals surface area contributed by atoms with E-state index in [1.54, 1.807) is 0 Å². The van der Waals surface area contributed by atoms with Gasteiger partial charge >= 0.3 is 0 Å². The summed E-state index contributed by atoms with van der Waals surface area (Å²) in [4.78, 5) is 0.464. The normalized spacial score (nSPS) is 11.6. The van der Waals surface area contributed by atoms with Crippen molar-refractivity contribution in [3.63, 3.8) is 0 Å². The quantitative estimate of drug-likeness (QED) is 0.797. The first kappa shape index (κ1) is 15.4. The standard InChI is InChI=1S/C11H8BrF2NO3S2/c12-7-3-10(9(14)4-8(7)13)15-20(17,18)11-2-1-6(5-16)19-11/h1-4,15-16H,5H2. The number of aliphatic hydroxyl groups is 1. The van der Waals surface area contributed by atoms with E-state index in [1.165, 1.54) is 12.1 Å². The Balaban J connectivity index is 2.35. The molecule has 0 aliphatic carbocycles. The molecule has 0 saturated heterocycles. The van der Waals surface area contributed by atoms with Gasteiger partial charge in [-0.2, -0.15) is 0 Å². The Hall–Kier alpha value is -1.03. The zero-order valence-corrected chi connectivity index (χ0v) is 12.9. The molecule has 0 unspecified atom stereocenters. The topological polar surface area (TPSA) is 66.4 Å². The minimum atomic E-state index is -3.98. The maximum atomic E-state index is 13.5. The number of benzene rings is 1. The smallest absolute Gasteiger partial charge is 0.271 e. The predicted octanol–water partition coefficient (Wildman–Crippen LogP) is 3.08. The van der Waals surface area contributed by atoms with E-state index in [9.17, 15) is 17.2 Å². The van der Waals surface area contributed by atoms with E-state index < -0.39 is 21.7 Å². The Morgan fingerprint density at radius 2 is 1.95 bits per heavy atom. The van der Waals surface area contributed by atoms with Gasteiger partial charge in [0.1, 0.15) is 15.8 Å². The van der Waals surface area contributed by atoms with Crippen molar-refractivity contribution in [2.45, 2.75) is 10.8 Å². The summed E-state index contributed by atoms with van der Waals surface area (Å²) in [6, 6.07) is 4.34. The van der Waals surface area contributed by atoms with Crippen LogP contribution in [0, 0.1) is 11.6 Å². The minimum absolute atomic E-state index is 0.0566. The van der Waals surface area contributed by atoms with E-state index in [0.29, 0.717) is 10.9 Å². The van der Waals surface area contributed by atoms with E-state index in [-0.39, 0.29) is 21.0 Å². The highest BCUT2D eigenvalue weighted by Gasteiger charge is 2.19. The molecule has 108 valence electrons. The maximum Gasteiger partial charge on any atom is 0.271 e. The van der Waals surface area contributed by atoms with E-state index in [1.807, 2.05) is 4.72 Å². The molecule has 4 nitrogen and oxygen atoms in total. The second kappa shape index (κ2) is 5.76. The van der Waals surface area contributed by atoms with Crippen molar-refractivity contribution >= 4 is 43.0 Å². The lowest BCUT2D eigenvalue weighted by atomic mass is 10.3. The molecule has 0 saturated carbocycles. The van der Waals surface area contributed by atoms with Crippen LogP contribution in [0.5, 0.6) is 0 Å². The number of rotatable bonds is 4. The predicted molar refractivity (Wildman–Crippen MR) is 75.1 cm³/mol. The third kappa shape index (κ3) is 3.17. The van der Waals surface area contributed by atoms with Gasteiger partial charge in [-0.25, -0.2) is 17.2 Å². The molecule has 9 heteroatoms. The molecule has 2 N–H and O–H groups in total. The van der Waals surface area contributed by atoms with Gasteiger partial charge in [0.05, 0.1) is 16.8 Å². The second-order valence-corrected chi connectivity index (χ2v) is 7.66. The minimum Gasteiger partial charge on any atom is -0.391 e. The number of nitrogens with one attached hydrogen (secondary N) is 1. The van der Waals surface area contributed by atoms with Crippen molar-refractivity contribution in [2.24, 2.45) is 0 Å². The lowest BCUT2D eigenvalue weighted by molar-refractivity contribution is 0.285. The van der Waals surface area contributed by atoms with Crippen molar-refractivity contribution in [1.29, 1.82) is 0 Å². The van der Waals surface area contributed by atoms with Crippen LogP contribution >= 0.6 is 27.3 Å². The molecule has 1 heterocycles. The first-order valence-electron chi connectivity index (χ1n) is 5.20. The summed E-state index contributed by atoms with van der Waals surface area (Å²) >= 11 is 3.72. The van der Waals surface area contributed by atoms with Crippen LogP contribution in [0.3, 0.4) is 0 Å². The number of anilines is 1. The molecule has 2 aromatic rings. The molecule has 0 bridgehead atoms. The number of aliphatic hydroxyl groups excluding tert-OH is 1. The molecular weight excluding hydrogens is 376 g/mol. The Morgan fingerprint density at radius 1 is 1.25 bits per heavy atom. The average Bonchev–Trinajstić information content (AvgIpc) is 2.85. The van der Waals surface area contributed by atoms with E-state index in [0.717, 1.165) is 17.4 Å². The largest absolute Gasteiger partial charge is 0.391 e. The monoisotopic (exact) mass is 383 g/mol. The van der Waals surface area contributed by atoms with Crippen molar-refractivity contribution in [3.8, 4) is 0 Å². The highest BCUT2D eigenvalue weighted by atomic mass is 79.9. The van der Waals surface area contributed by atoms with Crippen molar-refractivity contribution < 1.29 is 22.3 Å². The highest BCUT2D eigenvalue weighted by Crippen LogP contribution is 2.28. The van der Waals surface area contributed by atoms with Gasteiger partial charge in [-0.15, -0.1) is 11.3 Å². The number of halogens is 3. The van der Waals surface area contributed by atoms with Gasteiger partial charge < -0.3 is 5.11 Å². The lowest BCUT2D eigenvalue weighted by Gasteiger charge is -2.08. The highest BCUT2D eigenvalue weighted by molar-refractivity contribution is 9.10. The molecule has 0 fully saturated rings. The Morgan fingerprint density at radius 3 is 2.55 bits per heavy atom. The molecule has 0 spiro atoms. The molecule has 0 aliphatic rings. The number of thiophene rings is 1. The summed E-state index contributed by atoms with van der Waals surface area (Å²) < 4.78 is 52.6. The third-order valence-electron chi connectivity index (χ3n) is 2.31.